The predicted molar refractivity (Wildman–Crippen MR) is 133 cm³/mol. The highest BCUT2D eigenvalue weighted by atomic mass is 79.9. The van der Waals surface area contributed by atoms with Gasteiger partial charge in [-0.3, -0.25) is 0 Å². The number of halogens is 1. The molecule has 0 N–H and O–H groups in total. The molecule has 0 aliphatic rings. The number of rotatable bonds is 13. The lowest BCUT2D eigenvalue weighted by molar-refractivity contribution is 0.289. The fourth-order valence-electron chi connectivity index (χ4n) is 3.97. The van der Waals surface area contributed by atoms with Gasteiger partial charge in [0, 0.05) is 23.2 Å². The Morgan fingerprint density at radius 3 is 1.54 bits per heavy atom. The largest absolute Gasteiger partial charge is 0.416 e. The second-order valence-electron chi connectivity index (χ2n) is 9.88. The third-order valence-electron chi connectivity index (χ3n) is 4.70. The van der Waals surface area contributed by atoms with E-state index in [0.29, 0.717) is 11.8 Å². The van der Waals surface area contributed by atoms with E-state index in [-0.39, 0.29) is 0 Å². The highest BCUT2D eigenvalue weighted by molar-refractivity contribution is 9.10. The number of hydrogen-bond acceptors (Lipinski definition) is 3. The normalized spacial score (nSPS) is 12.8. The van der Waals surface area contributed by atoms with Crippen LogP contribution in [0.25, 0.3) is 0 Å². The quantitative estimate of drug-likeness (QED) is 0.279. The lowest BCUT2D eigenvalue weighted by Crippen LogP contribution is -2.39. The average Bonchev–Trinajstić information content (AvgIpc) is 2.51. The maximum Gasteiger partial charge on any atom is 0.187 e. The van der Waals surface area contributed by atoms with Crippen LogP contribution in [0.5, 0.6) is 0 Å². The molecule has 3 nitrogen and oxygen atoms in total. The summed E-state index contributed by atoms with van der Waals surface area (Å²) < 4.78 is 13.9. The third-order valence-corrected chi connectivity index (χ3v) is 10.8. The van der Waals surface area contributed by atoms with Crippen molar-refractivity contribution in [2.24, 2.45) is 11.8 Å². The van der Waals surface area contributed by atoms with E-state index >= 15 is 0 Å². The van der Waals surface area contributed by atoms with Crippen molar-refractivity contribution in [3.8, 4) is 0 Å². The molecular weight excluding hydrogens is 446 g/mol. The summed E-state index contributed by atoms with van der Waals surface area (Å²) in [6, 6.07) is 11.0. The van der Waals surface area contributed by atoms with Crippen LogP contribution in [0.1, 0.15) is 27.7 Å². The van der Waals surface area contributed by atoms with Crippen molar-refractivity contribution in [3.05, 3.63) is 28.7 Å². The van der Waals surface area contributed by atoms with E-state index < -0.39 is 16.6 Å². The van der Waals surface area contributed by atoms with Gasteiger partial charge in [-0.2, -0.15) is 0 Å². The van der Waals surface area contributed by atoms with Gasteiger partial charge in [0.2, 0.25) is 0 Å². The Balaban J connectivity index is 2.66. The van der Waals surface area contributed by atoms with Crippen LogP contribution in [0, 0.1) is 11.8 Å². The molecule has 6 heteroatoms. The Morgan fingerprint density at radius 2 is 1.18 bits per heavy atom. The minimum absolute atomic E-state index is 0.700. The van der Waals surface area contributed by atoms with Crippen LogP contribution in [0.15, 0.2) is 28.7 Å². The first kappa shape index (κ1) is 25.9. The van der Waals surface area contributed by atoms with E-state index in [0.717, 1.165) is 30.8 Å². The monoisotopic (exact) mass is 487 g/mol. The lowest BCUT2D eigenvalue weighted by Gasteiger charge is -2.31. The molecule has 0 amide bonds. The molecule has 1 aromatic rings. The molecule has 162 valence electrons. The molecule has 0 aliphatic heterocycles. The van der Waals surface area contributed by atoms with Gasteiger partial charge in [0.1, 0.15) is 0 Å². The van der Waals surface area contributed by atoms with E-state index in [1.807, 2.05) is 0 Å². The molecule has 0 radical (unpaired) electrons. The van der Waals surface area contributed by atoms with Crippen molar-refractivity contribution in [1.82, 2.24) is 0 Å². The second-order valence-corrected chi connectivity index (χ2v) is 19.2. The molecule has 0 aliphatic carbocycles. The van der Waals surface area contributed by atoms with Crippen LogP contribution in [0.2, 0.25) is 38.3 Å². The smallest absolute Gasteiger partial charge is 0.187 e. The van der Waals surface area contributed by atoms with Crippen LogP contribution in [-0.2, 0) is 8.85 Å². The zero-order valence-electron chi connectivity index (χ0n) is 19.3. The average molecular weight is 489 g/mol. The molecule has 0 heterocycles. The van der Waals surface area contributed by atoms with Gasteiger partial charge in [-0.25, -0.2) is 0 Å². The summed E-state index contributed by atoms with van der Waals surface area (Å²) in [5.41, 5.74) is 1.24. The van der Waals surface area contributed by atoms with E-state index in [1.165, 1.54) is 17.8 Å². The summed E-state index contributed by atoms with van der Waals surface area (Å²) in [4.78, 5) is 2.41. The Morgan fingerprint density at radius 1 is 0.786 bits per heavy atom. The van der Waals surface area contributed by atoms with Gasteiger partial charge < -0.3 is 13.8 Å². The molecule has 0 bridgehead atoms. The zero-order valence-corrected chi connectivity index (χ0v) is 22.9. The molecule has 28 heavy (non-hydrogen) atoms. The van der Waals surface area contributed by atoms with Crippen molar-refractivity contribution in [2.75, 3.05) is 31.2 Å². The van der Waals surface area contributed by atoms with E-state index in [1.54, 1.807) is 0 Å². The molecular formula is C22H42BrNO2Si2. The standard InChI is InChI=1S/C22H42BrNO2Si2/c1-19(2)17-27(5,6)25-15-13-24(22-11-9-21(23)10-12-22)14-16-26-28(7,8)18-20(3)4/h9-12,19-20H,13-18H2,1-8H3. The van der Waals surface area contributed by atoms with Crippen molar-refractivity contribution in [2.45, 2.75) is 66.0 Å². The van der Waals surface area contributed by atoms with E-state index in [9.17, 15) is 0 Å². The predicted octanol–water partition coefficient (Wildman–Crippen LogP) is 7.01. The van der Waals surface area contributed by atoms with Crippen LogP contribution in [-0.4, -0.2) is 42.9 Å². The van der Waals surface area contributed by atoms with Gasteiger partial charge in [-0.1, -0.05) is 43.6 Å². The SMILES string of the molecule is CC(C)C[Si](C)(C)OCCN(CCO[Si](C)(C)CC(C)C)c1ccc(Br)cc1. The number of benzene rings is 1. The summed E-state index contributed by atoms with van der Waals surface area (Å²) >= 11 is 3.54. The van der Waals surface area contributed by atoms with Gasteiger partial charge >= 0.3 is 0 Å². The molecule has 0 fully saturated rings. The Hall–Kier alpha value is -0.146. The van der Waals surface area contributed by atoms with Gasteiger partial charge in [-0.05, 0) is 74.4 Å². The van der Waals surface area contributed by atoms with E-state index in [4.69, 9.17) is 8.85 Å². The van der Waals surface area contributed by atoms with Crippen LogP contribution in [0.4, 0.5) is 5.69 Å². The summed E-state index contributed by atoms with van der Waals surface area (Å²) in [6.07, 6.45) is 0. The van der Waals surface area contributed by atoms with Gasteiger partial charge in [0.15, 0.2) is 16.6 Å². The highest BCUT2D eigenvalue weighted by Crippen LogP contribution is 2.21. The van der Waals surface area contributed by atoms with E-state index in [2.05, 4.69) is 99.0 Å². The summed E-state index contributed by atoms with van der Waals surface area (Å²) in [7, 11) is -3.16. The first-order chi connectivity index (χ1) is 12.9. The number of nitrogens with zero attached hydrogens (tertiary/aromatic N) is 1. The molecule has 0 spiro atoms. The van der Waals surface area contributed by atoms with Crippen molar-refractivity contribution in [3.63, 3.8) is 0 Å². The van der Waals surface area contributed by atoms with Crippen LogP contribution >= 0.6 is 15.9 Å². The molecule has 0 saturated heterocycles. The fraction of sp³-hybridized carbons (Fsp3) is 0.727. The first-order valence-electron chi connectivity index (χ1n) is 10.7. The summed E-state index contributed by atoms with van der Waals surface area (Å²) in [5.74, 6) is 1.40. The molecule has 1 rings (SSSR count). The molecule has 0 aromatic heterocycles. The van der Waals surface area contributed by atoms with Gasteiger partial charge in [-0.15, -0.1) is 0 Å². The molecule has 0 unspecified atom stereocenters. The second kappa shape index (κ2) is 11.9. The van der Waals surface area contributed by atoms with Crippen molar-refractivity contribution in [1.29, 1.82) is 0 Å². The van der Waals surface area contributed by atoms with Crippen LogP contribution < -0.4 is 4.90 Å². The highest BCUT2D eigenvalue weighted by Gasteiger charge is 2.25. The van der Waals surface area contributed by atoms with Gasteiger partial charge in [0.05, 0.1) is 13.2 Å². The van der Waals surface area contributed by atoms with Crippen molar-refractivity contribution >= 4 is 38.3 Å². The Bertz CT molecular complexity index is 534. The summed E-state index contributed by atoms with van der Waals surface area (Å²) in [6.45, 7) is 21.9. The first-order valence-corrected chi connectivity index (χ1v) is 17.7. The third kappa shape index (κ3) is 11.1. The topological polar surface area (TPSA) is 21.7 Å². The maximum atomic E-state index is 6.37. The number of anilines is 1. The maximum absolute atomic E-state index is 6.37. The Kier molecular flexibility index (Phi) is 11.0. The molecule has 0 saturated carbocycles. The Labute approximate surface area is 184 Å². The molecule has 0 atom stereocenters. The summed E-state index contributed by atoms with van der Waals surface area (Å²) in [5, 5.41) is 0. The van der Waals surface area contributed by atoms with Crippen molar-refractivity contribution < 1.29 is 8.85 Å². The lowest BCUT2D eigenvalue weighted by atomic mass is 10.3. The molecule has 1 aromatic carbocycles. The van der Waals surface area contributed by atoms with Gasteiger partial charge in [0.25, 0.3) is 0 Å². The minimum Gasteiger partial charge on any atom is -0.416 e. The van der Waals surface area contributed by atoms with Crippen LogP contribution in [0.3, 0.4) is 0 Å². The number of hydrogen-bond donors (Lipinski definition) is 0. The zero-order chi connectivity index (χ0) is 21.4. The minimum atomic E-state index is -1.58. The fourth-order valence-corrected chi connectivity index (χ4v) is 9.69.